The van der Waals surface area contributed by atoms with Gasteiger partial charge in [0.25, 0.3) is 11.5 Å². The number of alkyl halides is 3. The Bertz CT molecular complexity index is 1280. The summed E-state index contributed by atoms with van der Waals surface area (Å²) < 4.78 is 55.9. The van der Waals surface area contributed by atoms with Gasteiger partial charge < -0.3 is 20.1 Å². The molecule has 4 saturated carbocycles. The highest BCUT2D eigenvalue weighted by Crippen LogP contribution is 2.61. The van der Waals surface area contributed by atoms with Crippen LogP contribution in [-0.4, -0.2) is 41.6 Å². The van der Waals surface area contributed by atoms with Crippen molar-refractivity contribution in [3.8, 4) is 0 Å². The molecule has 2 heterocycles. The van der Waals surface area contributed by atoms with Gasteiger partial charge in [-0.05, 0) is 57.1 Å². The Kier molecular flexibility index (Phi) is 5.10. The van der Waals surface area contributed by atoms with Gasteiger partial charge >= 0.3 is 6.18 Å². The average Bonchev–Trinajstić information content (AvgIpc) is 3.17. The quantitative estimate of drug-likeness (QED) is 0.585. The summed E-state index contributed by atoms with van der Waals surface area (Å²) >= 11 is 0. The van der Waals surface area contributed by atoms with Crippen molar-refractivity contribution in [2.45, 2.75) is 50.0 Å². The third kappa shape index (κ3) is 3.64. The van der Waals surface area contributed by atoms with Gasteiger partial charge in [-0.25, -0.2) is 4.39 Å². The van der Waals surface area contributed by atoms with Crippen molar-refractivity contribution in [3.05, 3.63) is 63.3 Å². The van der Waals surface area contributed by atoms with Crippen LogP contribution < -0.4 is 16.2 Å². The first-order valence-electron chi connectivity index (χ1n) is 12.4. The number of rotatable bonds is 6. The monoisotopic (exact) mass is 504 g/mol. The summed E-state index contributed by atoms with van der Waals surface area (Å²) in [5.41, 5.74) is -1.37. The Morgan fingerprint density at radius 2 is 1.83 bits per heavy atom. The van der Waals surface area contributed by atoms with Crippen LogP contribution in [0, 0.1) is 23.6 Å². The number of fused-ring (bicyclic) bond motifs is 1. The molecule has 0 radical (unpaired) electrons. The SMILES string of the molecule is C[C@@H](NC(=O)c1cn(C23CC(C2)C3)c(=O)cc1N[C@@H]1[C@@H]2CN(C)C[C@@H]21)c1cccc(C(F)(F)F)c1F. The predicted molar refractivity (Wildman–Crippen MR) is 125 cm³/mol. The van der Waals surface area contributed by atoms with Crippen molar-refractivity contribution < 1.29 is 22.4 Å². The normalized spacial score (nSPS) is 31.2. The number of aromatic nitrogens is 1. The lowest BCUT2D eigenvalue weighted by molar-refractivity contribution is -0.140. The number of pyridine rings is 1. The number of hydrogen-bond acceptors (Lipinski definition) is 4. The van der Waals surface area contributed by atoms with Gasteiger partial charge in [0.05, 0.1) is 22.9 Å². The number of nitrogens with zero attached hydrogens (tertiary/aromatic N) is 2. The van der Waals surface area contributed by atoms with E-state index in [0.29, 0.717) is 29.5 Å². The van der Waals surface area contributed by atoms with Crippen LogP contribution in [0.15, 0.2) is 35.3 Å². The zero-order chi connectivity index (χ0) is 25.6. The van der Waals surface area contributed by atoms with Crippen LogP contribution >= 0.6 is 0 Å². The smallest absolute Gasteiger partial charge is 0.381 e. The van der Waals surface area contributed by atoms with Crippen LogP contribution in [0.3, 0.4) is 0 Å². The first-order valence-corrected chi connectivity index (χ1v) is 12.4. The first kappa shape index (κ1) is 23.5. The van der Waals surface area contributed by atoms with E-state index in [1.54, 1.807) is 10.8 Å². The van der Waals surface area contributed by atoms with E-state index in [1.165, 1.54) is 19.1 Å². The minimum atomic E-state index is -4.84. The molecule has 5 aliphatic rings. The van der Waals surface area contributed by atoms with Crippen molar-refractivity contribution >= 4 is 11.6 Å². The molecule has 4 atom stereocenters. The molecule has 2 bridgehead atoms. The van der Waals surface area contributed by atoms with Crippen molar-refractivity contribution in [3.63, 3.8) is 0 Å². The molecule has 2 aromatic rings. The van der Waals surface area contributed by atoms with Crippen molar-refractivity contribution in [1.29, 1.82) is 0 Å². The molecular weight excluding hydrogens is 476 g/mol. The maximum Gasteiger partial charge on any atom is 0.419 e. The maximum atomic E-state index is 14.7. The van der Waals surface area contributed by atoms with E-state index in [4.69, 9.17) is 0 Å². The van der Waals surface area contributed by atoms with Crippen LogP contribution in [0.4, 0.5) is 23.2 Å². The molecule has 1 aromatic heterocycles. The minimum Gasteiger partial charge on any atom is -0.381 e. The number of anilines is 1. The molecule has 1 aliphatic heterocycles. The number of likely N-dealkylation sites (tertiary alicyclic amines) is 1. The van der Waals surface area contributed by atoms with Crippen LogP contribution in [-0.2, 0) is 11.7 Å². The fraction of sp³-hybridized carbons (Fsp3) is 0.538. The Labute approximate surface area is 205 Å². The molecule has 7 rings (SSSR count). The second kappa shape index (κ2) is 7.81. The Balaban J connectivity index is 1.29. The molecule has 2 N–H and O–H groups in total. The summed E-state index contributed by atoms with van der Waals surface area (Å²) in [6.45, 7) is 3.33. The molecule has 192 valence electrons. The molecule has 4 aliphatic carbocycles. The molecule has 36 heavy (non-hydrogen) atoms. The molecule has 10 heteroatoms. The van der Waals surface area contributed by atoms with Gasteiger partial charge in [0.2, 0.25) is 0 Å². The Hall–Kier alpha value is -2.88. The molecule has 1 amide bonds. The van der Waals surface area contributed by atoms with Crippen molar-refractivity contribution in [2.75, 3.05) is 25.5 Å². The molecule has 6 nitrogen and oxygen atoms in total. The van der Waals surface area contributed by atoms with Crippen molar-refractivity contribution in [1.82, 2.24) is 14.8 Å². The summed E-state index contributed by atoms with van der Waals surface area (Å²) in [7, 11) is 2.06. The van der Waals surface area contributed by atoms with Gasteiger partial charge in [0.1, 0.15) is 5.82 Å². The standard InChI is InChI=1S/C26H28F4N4O2/c1-13(15-4-3-5-19(22(15)27)26(28,29)30)31-24(36)18-12-34(25-7-14(8-25)9-25)21(35)6-20(18)32-23-16-10-33(2)11-17(16)23/h3-6,12-14,16-17,23,32H,7-11H2,1-2H3,(H,31,36)/t13-,14?,16-,17+,23-,25?/m1/s1. The lowest BCUT2D eigenvalue weighted by Gasteiger charge is -2.62. The fourth-order valence-corrected chi connectivity index (χ4v) is 6.52. The van der Waals surface area contributed by atoms with E-state index in [0.717, 1.165) is 38.4 Å². The summed E-state index contributed by atoms with van der Waals surface area (Å²) in [6, 6.07) is 3.65. The van der Waals surface area contributed by atoms with Crippen LogP contribution in [0.1, 0.15) is 53.7 Å². The molecular formula is C26H28F4N4O2. The molecule has 0 spiro atoms. The number of carbonyl (C=O) groups is 1. The lowest BCUT2D eigenvalue weighted by Crippen LogP contribution is -2.62. The Morgan fingerprint density at radius 3 is 2.42 bits per heavy atom. The number of carbonyl (C=O) groups excluding carboxylic acids is 1. The van der Waals surface area contributed by atoms with Gasteiger partial charge in [0, 0.05) is 42.5 Å². The highest BCUT2D eigenvalue weighted by atomic mass is 19.4. The second-order valence-corrected chi connectivity index (χ2v) is 11.1. The van der Waals surface area contributed by atoms with E-state index in [9.17, 15) is 27.2 Å². The van der Waals surface area contributed by atoms with E-state index in [1.807, 2.05) is 0 Å². The molecule has 0 unspecified atom stereocenters. The zero-order valence-corrected chi connectivity index (χ0v) is 20.0. The predicted octanol–water partition coefficient (Wildman–Crippen LogP) is 3.98. The summed E-state index contributed by atoms with van der Waals surface area (Å²) in [6.07, 6.45) is -0.534. The van der Waals surface area contributed by atoms with Gasteiger partial charge in [-0.2, -0.15) is 13.2 Å². The van der Waals surface area contributed by atoms with E-state index in [2.05, 4.69) is 22.6 Å². The summed E-state index contributed by atoms with van der Waals surface area (Å²) in [5, 5.41) is 6.05. The zero-order valence-electron chi connectivity index (χ0n) is 20.0. The van der Waals surface area contributed by atoms with E-state index < -0.39 is 29.5 Å². The summed E-state index contributed by atoms with van der Waals surface area (Å²) in [4.78, 5) is 28.7. The Morgan fingerprint density at radius 1 is 1.17 bits per heavy atom. The number of hydrogen-bond donors (Lipinski definition) is 2. The van der Waals surface area contributed by atoms with Gasteiger partial charge in [0.15, 0.2) is 0 Å². The average molecular weight is 505 g/mol. The molecule has 5 fully saturated rings. The minimum absolute atomic E-state index is 0.163. The van der Waals surface area contributed by atoms with Gasteiger partial charge in [-0.3, -0.25) is 9.59 Å². The highest BCUT2D eigenvalue weighted by Gasteiger charge is 2.58. The molecule has 1 saturated heterocycles. The van der Waals surface area contributed by atoms with Crippen LogP contribution in [0.25, 0.3) is 0 Å². The number of amides is 1. The number of halogens is 4. The largest absolute Gasteiger partial charge is 0.419 e. The van der Waals surface area contributed by atoms with E-state index in [-0.39, 0.29) is 28.3 Å². The van der Waals surface area contributed by atoms with Crippen molar-refractivity contribution in [2.24, 2.45) is 17.8 Å². The fourth-order valence-electron chi connectivity index (χ4n) is 6.52. The lowest BCUT2D eigenvalue weighted by atomic mass is 9.49. The first-order chi connectivity index (χ1) is 17.0. The topological polar surface area (TPSA) is 66.4 Å². The number of nitrogens with one attached hydrogen (secondary N) is 2. The van der Waals surface area contributed by atoms with Gasteiger partial charge in [-0.15, -0.1) is 0 Å². The highest BCUT2D eigenvalue weighted by molar-refractivity contribution is 5.99. The van der Waals surface area contributed by atoms with Crippen LogP contribution in [0.5, 0.6) is 0 Å². The number of benzene rings is 1. The maximum absolute atomic E-state index is 14.7. The van der Waals surface area contributed by atoms with Gasteiger partial charge in [-0.1, -0.05) is 12.1 Å². The second-order valence-electron chi connectivity index (χ2n) is 11.1. The van der Waals surface area contributed by atoms with E-state index >= 15 is 0 Å². The third-order valence-corrected chi connectivity index (χ3v) is 8.66. The third-order valence-electron chi connectivity index (χ3n) is 8.66. The summed E-state index contributed by atoms with van der Waals surface area (Å²) in [5.74, 6) is -0.443. The number of piperidine rings is 1. The molecule has 1 aromatic carbocycles. The van der Waals surface area contributed by atoms with Crippen LogP contribution in [0.2, 0.25) is 0 Å².